The highest BCUT2D eigenvalue weighted by Crippen LogP contribution is 2.31. The zero-order valence-corrected chi connectivity index (χ0v) is 19.1. The number of hydrogen-bond acceptors (Lipinski definition) is 4. The number of imidazole rings is 1. The number of Topliss-reactive ketones (excluding diaryl/α,β-unsaturated/α-hetero) is 1. The van der Waals surface area contributed by atoms with E-state index >= 15 is 0 Å². The van der Waals surface area contributed by atoms with Gasteiger partial charge in [-0.2, -0.15) is 0 Å². The summed E-state index contributed by atoms with van der Waals surface area (Å²) in [6, 6.07) is 10.9. The Morgan fingerprint density at radius 2 is 1.94 bits per heavy atom. The van der Waals surface area contributed by atoms with Crippen molar-refractivity contribution in [3.63, 3.8) is 0 Å². The predicted molar refractivity (Wildman–Crippen MR) is 127 cm³/mol. The Morgan fingerprint density at radius 1 is 1.13 bits per heavy atom. The van der Waals surface area contributed by atoms with Crippen molar-refractivity contribution in [2.24, 2.45) is 0 Å². The molecule has 0 bridgehead atoms. The van der Waals surface area contributed by atoms with Gasteiger partial charge in [0.1, 0.15) is 5.82 Å². The van der Waals surface area contributed by atoms with E-state index in [0.29, 0.717) is 17.7 Å². The average Bonchev–Trinajstić information content (AvgIpc) is 3.32. The minimum Gasteiger partial charge on any atom is -0.304 e. The molecule has 2 aromatic carbocycles. The van der Waals surface area contributed by atoms with Crippen LogP contribution in [0.15, 0.2) is 42.6 Å². The van der Waals surface area contributed by atoms with Gasteiger partial charge in [0.25, 0.3) is 0 Å². The van der Waals surface area contributed by atoms with Crippen molar-refractivity contribution in [3.8, 4) is 11.3 Å². The molecule has 2 heterocycles. The molecular weight excluding hydrogens is 409 g/mol. The van der Waals surface area contributed by atoms with Crippen LogP contribution >= 0.6 is 11.3 Å². The van der Waals surface area contributed by atoms with Crippen LogP contribution in [0.2, 0.25) is 0 Å². The van der Waals surface area contributed by atoms with Crippen molar-refractivity contribution in [1.29, 1.82) is 0 Å². The van der Waals surface area contributed by atoms with E-state index in [1.165, 1.54) is 17.4 Å². The Morgan fingerprint density at radius 3 is 2.71 bits per heavy atom. The first-order valence-corrected chi connectivity index (χ1v) is 11.8. The fraction of sp³-hybridized carbons (Fsp3) is 0.360. The second-order valence-electron chi connectivity index (χ2n) is 7.95. The second-order valence-corrected chi connectivity index (χ2v) is 8.96. The molecule has 0 saturated heterocycles. The summed E-state index contributed by atoms with van der Waals surface area (Å²) >= 11 is 1.53. The van der Waals surface area contributed by atoms with Crippen LogP contribution in [0.1, 0.15) is 49.0 Å². The van der Waals surface area contributed by atoms with Gasteiger partial charge in [-0.15, -0.1) is 0 Å². The molecule has 0 aliphatic heterocycles. The molecular formula is C25H28FN3OS. The maximum Gasteiger partial charge on any atom is 0.195 e. The van der Waals surface area contributed by atoms with Crippen molar-refractivity contribution in [2.45, 2.75) is 40.0 Å². The summed E-state index contributed by atoms with van der Waals surface area (Å²) in [6.45, 7) is 9.44. The normalized spacial score (nSPS) is 11.8. The summed E-state index contributed by atoms with van der Waals surface area (Å²) in [7, 11) is 0. The monoisotopic (exact) mass is 437 g/mol. The summed E-state index contributed by atoms with van der Waals surface area (Å²) in [5, 5.41) is 0. The topological polar surface area (TPSA) is 37.6 Å². The fourth-order valence-corrected chi connectivity index (χ4v) is 4.99. The lowest BCUT2D eigenvalue weighted by molar-refractivity contribution is 0.0978. The zero-order valence-electron chi connectivity index (χ0n) is 18.3. The number of benzene rings is 2. The number of hydrogen-bond donors (Lipinski definition) is 0. The molecule has 31 heavy (non-hydrogen) atoms. The number of rotatable bonds is 9. The van der Waals surface area contributed by atoms with Crippen molar-refractivity contribution < 1.29 is 9.18 Å². The number of aryl methyl sites for hydroxylation is 1. The molecule has 2 aromatic heterocycles. The van der Waals surface area contributed by atoms with Gasteiger partial charge in [0.05, 0.1) is 15.9 Å². The largest absolute Gasteiger partial charge is 0.304 e. The molecule has 0 N–H and O–H groups in total. The van der Waals surface area contributed by atoms with Crippen LogP contribution < -0.4 is 0 Å². The molecule has 4 nitrogen and oxygen atoms in total. The van der Waals surface area contributed by atoms with Gasteiger partial charge in [0.2, 0.25) is 0 Å². The van der Waals surface area contributed by atoms with Crippen LogP contribution in [0.5, 0.6) is 0 Å². The molecule has 0 unspecified atom stereocenters. The van der Waals surface area contributed by atoms with Crippen molar-refractivity contribution >= 4 is 32.3 Å². The fourth-order valence-electron chi connectivity index (χ4n) is 3.94. The van der Waals surface area contributed by atoms with Gasteiger partial charge < -0.3 is 4.90 Å². The van der Waals surface area contributed by atoms with Crippen molar-refractivity contribution in [2.75, 3.05) is 19.6 Å². The molecule has 0 radical (unpaired) electrons. The number of fused-ring (bicyclic) bond motifs is 3. The number of ketones is 1. The lowest BCUT2D eigenvalue weighted by Crippen LogP contribution is -2.24. The Hall–Kier alpha value is -2.57. The third kappa shape index (κ3) is 4.55. The number of carbonyl (C=O) groups is 1. The molecule has 4 rings (SSSR count). The van der Waals surface area contributed by atoms with E-state index in [1.54, 1.807) is 6.07 Å². The minimum absolute atomic E-state index is 0.190. The second kappa shape index (κ2) is 9.28. The van der Waals surface area contributed by atoms with E-state index < -0.39 is 0 Å². The van der Waals surface area contributed by atoms with Gasteiger partial charge in [-0.1, -0.05) is 36.8 Å². The first kappa shape index (κ1) is 21.7. The summed E-state index contributed by atoms with van der Waals surface area (Å²) in [6.07, 6.45) is 4.40. The van der Waals surface area contributed by atoms with Crippen LogP contribution in [0.25, 0.3) is 26.4 Å². The molecule has 0 amide bonds. The lowest BCUT2D eigenvalue weighted by Gasteiger charge is -2.17. The van der Waals surface area contributed by atoms with E-state index in [-0.39, 0.29) is 11.6 Å². The third-order valence-electron chi connectivity index (χ3n) is 5.84. The molecule has 0 atom stereocenters. The van der Waals surface area contributed by atoms with Gasteiger partial charge in [-0.25, -0.2) is 9.37 Å². The number of thiazole rings is 1. The van der Waals surface area contributed by atoms with Crippen molar-refractivity contribution in [1.82, 2.24) is 14.3 Å². The Bertz CT molecular complexity index is 1220. The van der Waals surface area contributed by atoms with E-state index in [9.17, 15) is 9.18 Å². The highest BCUT2D eigenvalue weighted by atomic mass is 32.1. The molecule has 6 heteroatoms. The molecule has 0 fully saturated rings. The maximum absolute atomic E-state index is 14.3. The average molecular weight is 438 g/mol. The summed E-state index contributed by atoms with van der Waals surface area (Å²) in [5.41, 5.74) is 3.89. The SMILES string of the molecule is CCN(CC)CCCCC(=O)c1ccc2c(c1)sc1nc(-c3cc(C)ccc3F)cn12. The van der Waals surface area contributed by atoms with Gasteiger partial charge >= 0.3 is 0 Å². The predicted octanol–water partition coefficient (Wildman–Crippen LogP) is 6.36. The van der Waals surface area contributed by atoms with Gasteiger partial charge in [0, 0.05) is 23.7 Å². The summed E-state index contributed by atoms with van der Waals surface area (Å²) in [5.74, 6) is -0.0791. The number of halogens is 1. The van der Waals surface area contributed by atoms with E-state index in [2.05, 4.69) is 23.7 Å². The number of aromatic nitrogens is 2. The van der Waals surface area contributed by atoms with Gasteiger partial charge in [0.15, 0.2) is 10.7 Å². The quantitative estimate of drug-likeness (QED) is 0.226. The van der Waals surface area contributed by atoms with Crippen LogP contribution in [0, 0.1) is 12.7 Å². The number of carbonyl (C=O) groups excluding carboxylic acids is 1. The standard InChI is InChI=1S/C25H28FN3OS/c1-4-28(5-2)13-7-6-8-23(30)18-10-12-22-24(15-18)31-25-27-21(16-29(22)25)19-14-17(3)9-11-20(19)26/h9-12,14-16H,4-8,13H2,1-3H3. The molecule has 0 aliphatic rings. The summed E-state index contributed by atoms with van der Waals surface area (Å²) in [4.78, 5) is 20.5. The van der Waals surface area contributed by atoms with Crippen molar-refractivity contribution in [3.05, 3.63) is 59.5 Å². The van der Waals surface area contributed by atoms with Crippen LogP contribution in [-0.4, -0.2) is 39.7 Å². The number of unbranched alkanes of at least 4 members (excludes halogenated alkanes) is 1. The Labute approximate surface area is 186 Å². The van der Waals surface area contributed by atoms with E-state index in [1.807, 2.05) is 41.8 Å². The molecule has 4 aromatic rings. The highest BCUT2D eigenvalue weighted by Gasteiger charge is 2.15. The summed E-state index contributed by atoms with van der Waals surface area (Å²) < 4.78 is 17.3. The maximum atomic E-state index is 14.3. The Kier molecular flexibility index (Phi) is 6.49. The van der Waals surface area contributed by atoms with Crippen LogP contribution in [-0.2, 0) is 0 Å². The smallest absolute Gasteiger partial charge is 0.195 e. The highest BCUT2D eigenvalue weighted by molar-refractivity contribution is 7.23. The third-order valence-corrected chi connectivity index (χ3v) is 6.85. The Balaban J connectivity index is 1.51. The minimum atomic E-state index is -0.269. The van der Waals surface area contributed by atoms with Crippen LogP contribution in [0.3, 0.4) is 0 Å². The molecule has 0 spiro atoms. The van der Waals surface area contributed by atoms with E-state index in [0.717, 1.165) is 58.8 Å². The lowest BCUT2D eigenvalue weighted by atomic mass is 10.1. The first-order chi connectivity index (χ1) is 15.0. The van der Waals surface area contributed by atoms with Gasteiger partial charge in [-0.05, 0) is 69.7 Å². The number of nitrogens with zero attached hydrogens (tertiary/aromatic N) is 3. The molecule has 0 aliphatic carbocycles. The molecule has 0 saturated carbocycles. The zero-order chi connectivity index (χ0) is 22.0. The van der Waals surface area contributed by atoms with Crippen LogP contribution in [0.4, 0.5) is 4.39 Å². The molecule has 162 valence electrons. The van der Waals surface area contributed by atoms with Gasteiger partial charge in [-0.3, -0.25) is 9.20 Å². The van der Waals surface area contributed by atoms with E-state index in [4.69, 9.17) is 0 Å². The first-order valence-electron chi connectivity index (χ1n) is 10.9.